The summed E-state index contributed by atoms with van der Waals surface area (Å²) in [6.45, 7) is 4.06. The van der Waals surface area contributed by atoms with Gasteiger partial charge in [-0.3, -0.25) is 0 Å². The molecule has 1 heterocycles. The molecule has 2 heteroatoms. The van der Waals surface area contributed by atoms with Crippen molar-refractivity contribution in [3.8, 4) is 0 Å². The first-order valence-electron chi connectivity index (χ1n) is 4.71. The summed E-state index contributed by atoms with van der Waals surface area (Å²) in [5.41, 5.74) is 0. The molecule has 0 radical (unpaired) electrons. The summed E-state index contributed by atoms with van der Waals surface area (Å²) in [4.78, 5) is 2.51. The van der Waals surface area contributed by atoms with E-state index in [4.69, 9.17) is 5.11 Å². The van der Waals surface area contributed by atoms with Gasteiger partial charge in [-0.1, -0.05) is 0 Å². The quantitative estimate of drug-likeness (QED) is 0.649. The number of likely N-dealkylation sites (tertiary alicyclic amines) is 1. The summed E-state index contributed by atoms with van der Waals surface area (Å²) in [6.07, 6.45) is 4.10. The number of rotatable bonds is 3. The van der Waals surface area contributed by atoms with Gasteiger partial charge in [0.15, 0.2) is 0 Å². The largest absolute Gasteiger partial charge is 0.396 e. The Labute approximate surface area is 68.2 Å². The Morgan fingerprint density at radius 1 is 1.18 bits per heavy atom. The van der Waals surface area contributed by atoms with Crippen LogP contribution in [0.4, 0.5) is 0 Å². The van der Waals surface area contributed by atoms with Crippen molar-refractivity contribution in [2.45, 2.75) is 19.3 Å². The number of hydrogen-bond acceptors (Lipinski definition) is 2. The summed E-state index contributed by atoms with van der Waals surface area (Å²) in [5.74, 6) is 1.58. The van der Waals surface area contributed by atoms with E-state index in [-0.39, 0.29) is 0 Å². The Hall–Kier alpha value is -0.0800. The van der Waals surface area contributed by atoms with Gasteiger partial charge in [0, 0.05) is 19.7 Å². The zero-order valence-corrected chi connectivity index (χ0v) is 7.00. The third-order valence-corrected chi connectivity index (χ3v) is 2.84. The molecule has 1 aliphatic carbocycles. The average molecular weight is 155 g/mol. The Bertz CT molecular complexity index is 134. The van der Waals surface area contributed by atoms with Crippen LogP contribution >= 0.6 is 0 Å². The zero-order chi connectivity index (χ0) is 7.68. The fourth-order valence-corrected chi connectivity index (χ4v) is 1.89. The van der Waals surface area contributed by atoms with E-state index in [1.54, 1.807) is 0 Å². The summed E-state index contributed by atoms with van der Waals surface area (Å²) >= 11 is 0. The van der Waals surface area contributed by atoms with Crippen LogP contribution in [0.5, 0.6) is 0 Å². The maximum atomic E-state index is 8.91. The van der Waals surface area contributed by atoms with Crippen LogP contribution in [-0.4, -0.2) is 36.2 Å². The molecule has 1 aliphatic heterocycles. The molecular formula is C9H17NO. The standard InChI is InChI=1S/C9H17NO/c11-7-9-3-4-10(6-9)5-8-1-2-8/h8-9,11H,1-7H2. The molecular weight excluding hydrogens is 138 g/mol. The van der Waals surface area contributed by atoms with Gasteiger partial charge in [0.1, 0.15) is 0 Å². The minimum absolute atomic E-state index is 0.390. The second-order valence-electron chi connectivity index (χ2n) is 4.04. The van der Waals surface area contributed by atoms with E-state index in [2.05, 4.69) is 4.90 Å². The molecule has 1 saturated carbocycles. The molecule has 11 heavy (non-hydrogen) atoms. The van der Waals surface area contributed by atoms with Crippen LogP contribution < -0.4 is 0 Å². The fraction of sp³-hybridized carbons (Fsp3) is 1.00. The van der Waals surface area contributed by atoms with Gasteiger partial charge in [-0.25, -0.2) is 0 Å². The summed E-state index contributed by atoms with van der Waals surface area (Å²) in [5, 5.41) is 8.91. The van der Waals surface area contributed by atoms with Gasteiger partial charge >= 0.3 is 0 Å². The number of aliphatic hydroxyl groups excluding tert-OH is 1. The van der Waals surface area contributed by atoms with Crippen molar-refractivity contribution < 1.29 is 5.11 Å². The summed E-state index contributed by atoms with van der Waals surface area (Å²) in [6, 6.07) is 0. The predicted molar refractivity (Wildman–Crippen MR) is 44.4 cm³/mol. The highest BCUT2D eigenvalue weighted by Gasteiger charge is 2.28. The van der Waals surface area contributed by atoms with Gasteiger partial charge in [0.25, 0.3) is 0 Å². The van der Waals surface area contributed by atoms with Crippen molar-refractivity contribution in [3.63, 3.8) is 0 Å². The van der Waals surface area contributed by atoms with Crippen LogP contribution in [0.2, 0.25) is 0 Å². The lowest BCUT2D eigenvalue weighted by molar-refractivity contribution is 0.220. The Kier molecular flexibility index (Phi) is 2.14. The molecule has 0 amide bonds. The third-order valence-electron chi connectivity index (χ3n) is 2.84. The number of nitrogens with zero attached hydrogens (tertiary/aromatic N) is 1. The van der Waals surface area contributed by atoms with Gasteiger partial charge in [0.2, 0.25) is 0 Å². The zero-order valence-electron chi connectivity index (χ0n) is 7.00. The predicted octanol–water partition coefficient (Wildman–Crippen LogP) is 0.711. The van der Waals surface area contributed by atoms with Gasteiger partial charge in [-0.05, 0) is 37.6 Å². The van der Waals surface area contributed by atoms with E-state index in [1.807, 2.05) is 0 Å². The minimum atomic E-state index is 0.390. The molecule has 0 aromatic rings. The average Bonchev–Trinajstić information content (AvgIpc) is 2.68. The molecule has 1 atom stereocenters. The maximum absolute atomic E-state index is 8.91. The molecule has 2 aliphatic rings. The van der Waals surface area contributed by atoms with Crippen molar-refractivity contribution in [3.05, 3.63) is 0 Å². The Morgan fingerprint density at radius 2 is 2.00 bits per heavy atom. The lowest BCUT2D eigenvalue weighted by Crippen LogP contribution is -2.23. The molecule has 2 fully saturated rings. The maximum Gasteiger partial charge on any atom is 0.0471 e. The molecule has 2 nitrogen and oxygen atoms in total. The van der Waals surface area contributed by atoms with Gasteiger partial charge in [-0.15, -0.1) is 0 Å². The SMILES string of the molecule is OCC1CCN(CC2CC2)C1. The fourth-order valence-electron chi connectivity index (χ4n) is 1.89. The van der Waals surface area contributed by atoms with Crippen LogP contribution in [0.1, 0.15) is 19.3 Å². The highest BCUT2D eigenvalue weighted by molar-refractivity contribution is 4.82. The lowest BCUT2D eigenvalue weighted by atomic mass is 10.1. The molecule has 1 unspecified atom stereocenters. The van der Waals surface area contributed by atoms with Crippen molar-refractivity contribution >= 4 is 0 Å². The first-order valence-corrected chi connectivity index (χ1v) is 4.71. The smallest absolute Gasteiger partial charge is 0.0471 e. The van der Waals surface area contributed by atoms with E-state index >= 15 is 0 Å². The molecule has 2 rings (SSSR count). The second kappa shape index (κ2) is 3.11. The summed E-state index contributed by atoms with van der Waals surface area (Å²) < 4.78 is 0. The molecule has 0 bridgehead atoms. The van der Waals surface area contributed by atoms with Crippen molar-refractivity contribution in [2.75, 3.05) is 26.2 Å². The normalized spacial score (nSPS) is 33.0. The third kappa shape index (κ3) is 1.94. The van der Waals surface area contributed by atoms with E-state index in [0.717, 1.165) is 12.5 Å². The molecule has 1 saturated heterocycles. The van der Waals surface area contributed by atoms with Crippen molar-refractivity contribution in [1.29, 1.82) is 0 Å². The molecule has 1 N–H and O–H groups in total. The molecule has 64 valence electrons. The number of aliphatic hydroxyl groups is 1. The van der Waals surface area contributed by atoms with Crippen LogP contribution in [0.25, 0.3) is 0 Å². The van der Waals surface area contributed by atoms with Gasteiger partial charge in [0.05, 0.1) is 0 Å². The van der Waals surface area contributed by atoms with Crippen molar-refractivity contribution in [1.82, 2.24) is 4.90 Å². The van der Waals surface area contributed by atoms with E-state index in [0.29, 0.717) is 12.5 Å². The van der Waals surface area contributed by atoms with Crippen LogP contribution in [0.15, 0.2) is 0 Å². The summed E-state index contributed by atoms with van der Waals surface area (Å²) in [7, 11) is 0. The van der Waals surface area contributed by atoms with E-state index in [1.165, 1.54) is 32.4 Å². The van der Waals surface area contributed by atoms with Crippen LogP contribution in [0.3, 0.4) is 0 Å². The van der Waals surface area contributed by atoms with E-state index in [9.17, 15) is 0 Å². The molecule has 0 aromatic carbocycles. The molecule has 0 aromatic heterocycles. The lowest BCUT2D eigenvalue weighted by Gasteiger charge is -2.14. The second-order valence-corrected chi connectivity index (χ2v) is 4.04. The van der Waals surface area contributed by atoms with Crippen LogP contribution in [0, 0.1) is 11.8 Å². The molecule has 0 spiro atoms. The highest BCUT2D eigenvalue weighted by Crippen LogP contribution is 2.31. The van der Waals surface area contributed by atoms with Crippen molar-refractivity contribution in [2.24, 2.45) is 11.8 Å². The Balaban J connectivity index is 1.70. The first kappa shape index (κ1) is 7.56. The van der Waals surface area contributed by atoms with Crippen LogP contribution in [-0.2, 0) is 0 Å². The van der Waals surface area contributed by atoms with Gasteiger partial charge < -0.3 is 10.0 Å². The first-order chi connectivity index (χ1) is 5.38. The topological polar surface area (TPSA) is 23.5 Å². The van der Waals surface area contributed by atoms with E-state index < -0.39 is 0 Å². The Morgan fingerprint density at radius 3 is 2.55 bits per heavy atom. The van der Waals surface area contributed by atoms with Gasteiger partial charge in [-0.2, -0.15) is 0 Å². The minimum Gasteiger partial charge on any atom is -0.396 e. The number of hydrogen-bond donors (Lipinski definition) is 1. The highest BCUT2D eigenvalue weighted by atomic mass is 16.3. The monoisotopic (exact) mass is 155 g/mol.